The molecule has 128 valence electrons. The van der Waals surface area contributed by atoms with Crippen molar-refractivity contribution < 1.29 is 14.6 Å². The number of carbonyl (C=O) groups is 1. The Balaban J connectivity index is 2.30. The third kappa shape index (κ3) is 4.15. The number of hydrogen-bond donors (Lipinski definition) is 2. The molecule has 0 aliphatic rings. The van der Waals surface area contributed by atoms with Gasteiger partial charge < -0.3 is 15.6 Å². The van der Waals surface area contributed by atoms with E-state index in [1.54, 1.807) is 19.2 Å². The van der Waals surface area contributed by atoms with Crippen LogP contribution in [0.3, 0.4) is 0 Å². The Hall–Kier alpha value is -2.33. The lowest BCUT2D eigenvalue weighted by atomic mass is 9.88. The first-order chi connectivity index (χ1) is 11.5. The zero-order valence-corrected chi connectivity index (χ0v) is 14.5. The van der Waals surface area contributed by atoms with Gasteiger partial charge in [-0.25, -0.2) is 4.79 Å². The van der Waals surface area contributed by atoms with Gasteiger partial charge in [0.25, 0.3) is 0 Å². The number of aromatic carboxylic acids is 1. The molecular weight excluding hydrogens is 302 g/mol. The van der Waals surface area contributed by atoms with Gasteiger partial charge in [0, 0.05) is 5.92 Å². The van der Waals surface area contributed by atoms with Crippen LogP contribution in [0, 0.1) is 0 Å². The van der Waals surface area contributed by atoms with Crippen molar-refractivity contribution in [1.29, 1.82) is 0 Å². The summed E-state index contributed by atoms with van der Waals surface area (Å²) in [5.41, 5.74) is 9.75. The summed E-state index contributed by atoms with van der Waals surface area (Å²) in [4.78, 5) is 11.0. The number of methoxy groups -OCH3 is 1. The Kier molecular flexibility index (Phi) is 5.99. The molecule has 0 heterocycles. The molecule has 2 aromatic rings. The standard InChI is InChI=1S/C20H25NO3/c1-13(2)16-8-9-19(24-3)18(11-16)17(12-21)10-14-4-6-15(7-5-14)20(22)23/h4-9,11,13,17H,10,12,21H2,1-3H3,(H,22,23). The van der Waals surface area contributed by atoms with Crippen LogP contribution < -0.4 is 10.5 Å². The predicted molar refractivity (Wildman–Crippen MR) is 96.0 cm³/mol. The highest BCUT2D eigenvalue weighted by molar-refractivity contribution is 5.87. The normalized spacial score (nSPS) is 12.2. The number of rotatable bonds is 7. The van der Waals surface area contributed by atoms with Crippen molar-refractivity contribution >= 4 is 5.97 Å². The third-order valence-corrected chi connectivity index (χ3v) is 4.33. The fraction of sp³-hybridized carbons (Fsp3) is 0.350. The van der Waals surface area contributed by atoms with Gasteiger partial charge in [-0.1, -0.05) is 38.1 Å². The summed E-state index contributed by atoms with van der Waals surface area (Å²) in [6.45, 7) is 4.82. The minimum Gasteiger partial charge on any atom is -0.496 e. The molecule has 0 saturated carbocycles. The van der Waals surface area contributed by atoms with Crippen molar-refractivity contribution in [2.75, 3.05) is 13.7 Å². The molecule has 4 nitrogen and oxygen atoms in total. The molecule has 2 aromatic carbocycles. The van der Waals surface area contributed by atoms with Gasteiger partial charge in [0.15, 0.2) is 0 Å². The monoisotopic (exact) mass is 327 g/mol. The van der Waals surface area contributed by atoms with Gasteiger partial charge in [0.2, 0.25) is 0 Å². The van der Waals surface area contributed by atoms with Crippen LogP contribution in [-0.4, -0.2) is 24.7 Å². The van der Waals surface area contributed by atoms with Crippen LogP contribution >= 0.6 is 0 Å². The fourth-order valence-corrected chi connectivity index (χ4v) is 2.82. The fourth-order valence-electron chi connectivity index (χ4n) is 2.82. The van der Waals surface area contributed by atoms with Crippen LogP contribution in [0.4, 0.5) is 0 Å². The number of benzene rings is 2. The Morgan fingerprint density at radius 3 is 2.33 bits per heavy atom. The summed E-state index contributed by atoms with van der Waals surface area (Å²) in [7, 11) is 1.67. The summed E-state index contributed by atoms with van der Waals surface area (Å²) in [6.07, 6.45) is 0.744. The molecule has 0 bridgehead atoms. The SMILES string of the molecule is COc1ccc(C(C)C)cc1C(CN)Cc1ccc(C(=O)O)cc1. The molecule has 4 heteroatoms. The first kappa shape index (κ1) is 18.0. The average molecular weight is 327 g/mol. The largest absolute Gasteiger partial charge is 0.496 e. The van der Waals surface area contributed by atoms with Crippen molar-refractivity contribution in [3.8, 4) is 5.75 Å². The van der Waals surface area contributed by atoms with Gasteiger partial charge in [-0.3, -0.25) is 0 Å². The highest BCUT2D eigenvalue weighted by atomic mass is 16.5. The van der Waals surface area contributed by atoms with Crippen LogP contribution in [0.1, 0.15) is 52.7 Å². The Morgan fingerprint density at radius 1 is 1.17 bits per heavy atom. The van der Waals surface area contributed by atoms with Gasteiger partial charge in [-0.05, 0) is 53.8 Å². The quantitative estimate of drug-likeness (QED) is 0.811. The molecule has 24 heavy (non-hydrogen) atoms. The van der Waals surface area contributed by atoms with Gasteiger partial charge in [-0.2, -0.15) is 0 Å². The highest BCUT2D eigenvalue weighted by Gasteiger charge is 2.17. The summed E-state index contributed by atoms with van der Waals surface area (Å²) >= 11 is 0. The lowest BCUT2D eigenvalue weighted by Crippen LogP contribution is -2.16. The molecule has 0 radical (unpaired) electrons. The number of hydrogen-bond acceptors (Lipinski definition) is 3. The Labute approximate surface area is 143 Å². The predicted octanol–water partition coefficient (Wildman–Crippen LogP) is 3.80. The second-order valence-electron chi connectivity index (χ2n) is 6.29. The van der Waals surface area contributed by atoms with E-state index in [0.717, 1.165) is 23.3 Å². The number of nitrogens with two attached hydrogens (primary N) is 1. The van der Waals surface area contributed by atoms with E-state index in [-0.39, 0.29) is 5.92 Å². The lowest BCUT2D eigenvalue weighted by molar-refractivity contribution is 0.0697. The number of ether oxygens (including phenoxy) is 1. The molecule has 0 fully saturated rings. The maximum absolute atomic E-state index is 11.0. The highest BCUT2D eigenvalue weighted by Crippen LogP contribution is 2.32. The average Bonchev–Trinajstić information content (AvgIpc) is 2.59. The Bertz CT molecular complexity index is 693. The molecule has 1 atom stereocenters. The second kappa shape index (κ2) is 7.97. The number of carboxylic acid groups (broad SMARTS) is 1. The molecular formula is C20H25NO3. The van der Waals surface area contributed by atoms with E-state index >= 15 is 0 Å². The summed E-state index contributed by atoms with van der Waals surface area (Å²) in [5, 5.41) is 9.00. The second-order valence-corrected chi connectivity index (χ2v) is 6.29. The lowest BCUT2D eigenvalue weighted by Gasteiger charge is -2.20. The van der Waals surface area contributed by atoms with Crippen molar-refractivity contribution in [3.63, 3.8) is 0 Å². The van der Waals surface area contributed by atoms with Crippen molar-refractivity contribution in [2.24, 2.45) is 5.73 Å². The van der Waals surface area contributed by atoms with Gasteiger partial charge >= 0.3 is 5.97 Å². The van der Waals surface area contributed by atoms with Crippen LogP contribution in [0.2, 0.25) is 0 Å². The van der Waals surface area contributed by atoms with Crippen LogP contribution in [0.25, 0.3) is 0 Å². The molecule has 0 aliphatic heterocycles. The zero-order valence-electron chi connectivity index (χ0n) is 14.5. The van der Waals surface area contributed by atoms with E-state index < -0.39 is 5.97 Å². The van der Waals surface area contributed by atoms with E-state index in [2.05, 4.69) is 26.0 Å². The number of carboxylic acids is 1. The van der Waals surface area contributed by atoms with Gasteiger partial charge in [0.1, 0.15) is 5.75 Å². The topological polar surface area (TPSA) is 72.5 Å². The summed E-state index contributed by atoms with van der Waals surface area (Å²) in [5.74, 6) is 0.484. The van der Waals surface area contributed by atoms with E-state index in [9.17, 15) is 4.79 Å². The van der Waals surface area contributed by atoms with Crippen LogP contribution in [-0.2, 0) is 6.42 Å². The molecule has 0 aromatic heterocycles. The van der Waals surface area contributed by atoms with Crippen molar-refractivity contribution in [3.05, 3.63) is 64.7 Å². The maximum Gasteiger partial charge on any atom is 0.335 e. The zero-order chi connectivity index (χ0) is 17.7. The summed E-state index contributed by atoms with van der Waals surface area (Å²) < 4.78 is 5.52. The Morgan fingerprint density at radius 2 is 1.83 bits per heavy atom. The maximum atomic E-state index is 11.0. The molecule has 0 amide bonds. The van der Waals surface area contributed by atoms with Gasteiger partial charge in [0.05, 0.1) is 12.7 Å². The van der Waals surface area contributed by atoms with E-state index in [1.807, 2.05) is 18.2 Å². The first-order valence-corrected chi connectivity index (χ1v) is 8.16. The van der Waals surface area contributed by atoms with Gasteiger partial charge in [-0.15, -0.1) is 0 Å². The van der Waals surface area contributed by atoms with E-state index in [4.69, 9.17) is 15.6 Å². The van der Waals surface area contributed by atoms with Crippen molar-refractivity contribution in [1.82, 2.24) is 0 Å². The van der Waals surface area contributed by atoms with E-state index in [1.165, 1.54) is 5.56 Å². The van der Waals surface area contributed by atoms with Crippen LogP contribution in [0.5, 0.6) is 5.75 Å². The summed E-state index contributed by atoms with van der Waals surface area (Å²) in [6, 6.07) is 13.2. The molecule has 0 saturated heterocycles. The van der Waals surface area contributed by atoms with Crippen LogP contribution in [0.15, 0.2) is 42.5 Å². The molecule has 0 aliphatic carbocycles. The minimum absolute atomic E-state index is 0.120. The first-order valence-electron chi connectivity index (χ1n) is 8.16. The molecule has 1 unspecified atom stereocenters. The minimum atomic E-state index is -0.914. The van der Waals surface area contributed by atoms with E-state index in [0.29, 0.717) is 18.0 Å². The molecule has 3 N–H and O–H groups in total. The molecule has 0 spiro atoms. The smallest absolute Gasteiger partial charge is 0.335 e. The third-order valence-electron chi connectivity index (χ3n) is 4.33. The van der Waals surface area contributed by atoms with Crippen molar-refractivity contribution in [2.45, 2.75) is 32.1 Å². The molecule has 2 rings (SSSR count).